The van der Waals surface area contributed by atoms with Crippen LogP contribution in [0, 0.1) is 17.7 Å². The molecule has 1 aromatic rings. The molecule has 3 atom stereocenters. The number of aliphatic carboxylic acids is 1. The van der Waals surface area contributed by atoms with Gasteiger partial charge in [0.15, 0.2) is 0 Å². The van der Waals surface area contributed by atoms with E-state index in [2.05, 4.69) is 0 Å². The average Bonchev–Trinajstić information content (AvgIpc) is 2.44. The SMILES string of the molecule is CC(C(=O)O)C(C)C(=O)N(C)C(C)c1ccc(F)cc1. The minimum atomic E-state index is -0.992. The van der Waals surface area contributed by atoms with Crippen molar-refractivity contribution in [2.75, 3.05) is 7.05 Å². The molecule has 0 saturated carbocycles. The molecule has 1 rings (SSSR count). The van der Waals surface area contributed by atoms with Gasteiger partial charge in [0.05, 0.1) is 12.0 Å². The van der Waals surface area contributed by atoms with Gasteiger partial charge in [0.2, 0.25) is 5.91 Å². The molecular formula is C15H20FNO3. The maximum atomic E-state index is 12.9. The van der Waals surface area contributed by atoms with Gasteiger partial charge in [-0.15, -0.1) is 0 Å². The Morgan fingerprint density at radius 2 is 1.60 bits per heavy atom. The Morgan fingerprint density at radius 1 is 1.10 bits per heavy atom. The molecule has 0 aliphatic heterocycles. The number of rotatable bonds is 5. The van der Waals surface area contributed by atoms with Crippen LogP contribution >= 0.6 is 0 Å². The fourth-order valence-corrected chi connectivity index (χ4v) is 1.90. The molecule has 0 spiro atoms. The van der Waals surface area contributed by atoms with E-state index in [1.54, 1.807) is 26.1 Å². The molecule has 0 bridgehead atoms. The van der Waals surface area contributed by atoms with Crippen molar-refractivity contribution in [1.29, 1.82) is 0 Å². The summed E-state index contributed by atoms with van der Waals surface area (Å²) in [5, 5.41) is 8.96. The Morgan fingerprint density at radius 3 is 2.05 bits per heavy atom. The van der Waals surface area contributed by atoms with Gasteiger partial charge in [0, 0.05) is 13.0 Å². The quantitative estimate of drug-likeness (QED) is 0.902. The normalized spacial score (nSPS) is 15.2. The molecule has 0 fully saturated rings. The number of benzene rings is 1. The number of hydrogen-bond acceptors (Lipinski definition) is 2. The van der Waals surface area contributed by atoms with Crippen LogP contribution in [-0.2, 0) is 9.59 Å². The van der Waals surface area contributed by atoms with E-state index in [-0.39, 0.29) is 17.8 Å². The van der Waals surface area contributed by atoms with E-state index in [0.717, 1.165) is 5.56 Å². The van der Waals surface area contributed by atoms with Crippen LogP contribution in [-0.4, -0.2) is 28.9 Å². The smallest absolute Gasteiger partial charge is 0.307 e. The highest BCUT2D eigenvalue weighted by molar-refractivity contribution is 5.84. The molecule has 0 aliphatic rings. The molecule has 5 heteroatoms. The number of carbonyl (C=O) groups excluding carboxylic acids is 1. The van der Waals surface area contributed by atoms with Crippen LogP contribution in [0.25, 0.3) is 0 Å². The van der Waals surface area contributed by atoms with Gasteiger partial charge in [-0.2, -0.15) is 0 Å². The van der Waals surface area contributed by atoms with E-state index in [9.17, 15) is 14.0 Å². The van der Waals surface area contributed by atoms with E-state index in [4.69, 9.17) is 5.11 Å². The molecule has 0 aromatic heterocycles. The first-order chi connectivity index (χ1) is 9.25. The topological polar surface area (TPSA) is 57.6 Å². The lowest BCUT2D eigenvalue weighted by Gasteiger charge is -2.29. The van der Waals surface area contributed by atoms with Crippen LogP contribution in [0.15, 0.2) is 24.3 Å². The number of carboxylic acid groups (broad SMARTS) is 1. The number of nitrogens with zero attached hydrogens (tertiary/aromatic N) is 1. The highest BCUT2D eigenvalue weighted by Gasteiger charge is 2.30. The van der Waals surface area contributed by atoms with Gasteiger partial charge in [0.1, 0.15) is 5.82 Å². The molecule has 0 heterocycles. The fourth-order valence-electron chi connectivity index (χ4n) is 1.90. The maximum absolute atomic E-state index is 12.9. The first-order valence-electron chi connectivity index (χ1n) is 6.50. The summed E-state index contributed by atoms with van der Waals surface area (Å²) in [4.78, 5) is 24.7. The second-order valence-corrected chi connectivity index (χ2v) is 5.09. The van der Waals surface area contributed by atoms with Crippen LogP contribution in [0.5, 0.6) is 0 Å². The van der Waals surface area contributed by atoms with Crippen molar-refractivity contribution in [3.63, 3.8) is 0 Å². The third-order valence-electron chi connectivity index (χ3n) is 3.81. The summed E-state index contributed by atoms with van der Waals surface area (Å²) in [7, 11) is 1.63. The lowest BCUT2D eigenvalue weighted by molar-refractivity contribution is -0.149. The highest BCUT2D eigenvalue weighted by Crippen LogP contribution is 2.23. The Balaban J connectivity index is 2.83. The van der Waals surface area contributed by atoms with E-state index >= 15 is 0 Å². The van der Waals surface area contributed by atoms with Crippen molar-refractivity contribution in [2.24, 2.45) is 11.8 Å². The first-order valence-corrected chi connectivity index (χ1v) is 6.50. The third kappa shape index (κ3) is 3.56. The number of hydrogen-bond donors (Lipinski definition) is 1. The van der Waals surface area contributed by atoms with Crippen LogP contribution in [0.3, 0.4) is 0 Å². The maximum Gasteiger partial charge on any atom is 0.307 e. The largest absolute Gasteiger partial charge is 0.481 e. The monoisotopic (exact) mass is 281 g/mol. The average molecular weight is 281 g/mol. The Labute approximate surface area is 118 Å². The Bertz CT molecular complexity index is 486. The van der Waals surface area contributed by atoms with Gasteiger partial charge >= 0.3 is 5.97 Å². The second kappa shape index (κ2) is 6.50. The minimum absolute atomic E-state index is 0.239. The van der Waals surface area contributed by atoms with Crippen LogP contribution in [0.4, 0.5) is 4.39 Å². The number of halogens is 1. The molecule has 110 valence electrons. The molecule has 4 nitrogen and oxygen atoms in total. The summed E-state index contributed by atoms with van der Waals surface area (Å²) in [6.45, 7) is 4.94. The van der Waals surface area contributed by atoms with Gasteiger partial charge in [-0.05, 0) is 24.6 Å². The van der Waals surface area contributed by atoms with Crippen LogP contribution in [0.2, 0.25) is 0 Å². The number of carbonyl (C=O) groups is 2. The van der Waals surface area contributed by atoms with Crippen LogP contribution < -0.4 is 0 Å². The van der Waals surface area contributed by atoms with Crippen molar-refractivity contribution in [3.8, 4) is 0 Å². The molecular weight excluding hydrogens is 261 g/mol. The number of carboxylic acids is 1. The first kappa shape index (κ1) is 16.1. The van der Waals surface area contributed by atoms with Crippen molar-refractivity contribution in [2.45, 2.75) is 26.8 Å². The number of amides is 1. The zero-order valence-corrected chi connectivity index (χ0v) is 12.1. The summed E-state index contributed by atoms with van der Waals surface area (Å²) >= 11 is 0. The molecule has 1 amide bonds. The van der Waals surface area contributed by atoms with Crippen LogP contribution in [0.1, 0.15) is 32.4 Å². The highest BCUT2D eigenvalue weighted by atomic mass is 19.1. The van der Waals surface area contributed by atoms with E-state index in [1.165, 1.54) is 24.0 Å². The lowest BCUT2D eigenvalue weighted by atomic mass is 9.94. The molecule has 0 aliphatic carbocycles. The predicted octanol–water partition coefficient (Wildman–Crippen LogP) is 2.70. The van der Waals surface area contributed by atoms with E-state index in [0.29, 0.717) is 0 Å². The fraction of sp³-hybridized carbons (Fsp3) is 0.467. The Hall–Kier alpha value is -1.91. The van der Waals surface area contributed by atoms with Gasteiger partial charge in [0.25, 0.3) is 0 Å². The molecule has 0 saturated heterocycles. The van der Waals surface area contributed by atoms with Gasteiger partial charge in [-0.25, -0.2) is 4.39 Å². The molecule has 1 N–H and O–H groups in total. The summed E-state index contributed by atoms with van der Waals surface area (Å²) in [5.74, 6) is -2.92. The lowest BCUT2D eigenvalue weighted by Crippen LogP contribution is -2.38. The van der Waals surface area contributed by atoms with Gasteiger partial charge < -0.3 is 10.0 Å². The molecule has 1 aromatic carbocycles. The van der Waals surface area contributed by atoms with Crippen molar-refractivity contribution in [1.82, 2.24) is 4.90 Å². The molecule has 3 unspecified atom stereocenters. The van der Waals surface area contributed by atoms with Crippen molar-refractivity contribution < 1.29 is 19.1 Å². The van der Waals surface area contributed by atoms with Crippen molar-refractivity contribution in [3.05, 3.63) is 35.6 Å². The summed E-state index contributed by atoms with van der Waals surface area (Å²) in [6.07, 6.45) is 0. The van der Waals surface area contributed by atoms with E-state index in [1.807, 2.05) is 6.92 Å². The predicted molar refractivity (Wildman–Crippen MR) is 73.5 cm³/mol. The zero-order valence-electron chi connectivity index (χ0n) is 12.1. The van der Waals surface area contributed by atoms with E-state index < -0.39 is 17.8 Å². The van der Waals surface area contributed by atoms with Crippen molar-refractivity contribution >= 4 is 11.9 Å². The summed E-state index contributed by atoms with van der Waals surface area (Å²) in [6, 6.07) is 5.68. The molecule has 0 radical (unpaired) electrons. The minimum Gasteiger partial charge on any atom is -0.481 e. The third-order valence-corrected chi connectivity index (χ3v) is 3.81. The van der Waals surface area contributed by atoms with Gasteiger partial charge in [-0.3, -0.25) is 9.59 Å². The standard InChI is InChI=1S/C15H20FNO3/c1-9(10(2)15(19)20)14(18)17(4)11(3)12-5-7-13(16)8-6-12/h5-11H,1-4H3,(H,19,20). The molecule has 20 heavy (non-hydrogen) atoms. The summed E-state index contributed by atoms with van der Waals surface area (Å²) in [5.41, 5.74) is 0.803. The Kier molecular flexibility index (Phi) is 5.25. The second-order valence-electron chi connectivity index (χ2n) is 5.09. The van der Waals surface area contributed by atoms with Gasteiger partial charge in [-0.1, -0.05) is 26.0 Å². The zero-order chi connectivity index (χ0) is 15.4. The summed E-state index contributed by atoms with van der Waals surface area (Å²) < 4.78 is 12.9.